The number of hydrogen-bond donors (Lipinski definition) is 2. The highest BCUT2D eigenvalue weighted by Gasteiger charge is 2.17. The van der Waals surface area contributed by atoms with Crippen molar-refractivity contribution in [3.05, 3.63) is 0 Å². The van der Waals surface area contributed by atoms with Crippen LogP contribution in [0.25, 0.3) is 0 Å². The summed E-state index contributed by atoms with van der Waals surface area (Å²) in [5.74, 6) is 0.925. The Kier molecular flexibility index (Phi) is 7.01. The van der Waals surface area contributed by atoms with Gasteiger partial charge in [0.15, 0.2) is 0 Å². The summed E-state index contributed by atoms with van der Waals surface area (Å²) in [7, 11) is 0. The molecule has 100 valence electrons. The Morgan fingerprint density at radius 3 is 2.88 bits per heavy atom. The van der Waals surface area contributed by atoms with E-state index in [0.29, 0.717) is 19.2 Å². The summed E-state index contributed by atoms with van der Waals surface area (Å²) < 4.78 is 4.70. The first-order valence-corrected chi connectivity index (χ1v) is 6.88. The minimum atomic E-state index is -0.685. The number of carbonyl (C=O) groups is 1. The van der Waals surface area contributed by atoms with Crippen LogP contribution in [0.5, 0.6) is 0 Å². The summed E-state index contributed by atoms with van der Waals surface area (Å²) >= 11 is 0. The molecule has 0 aromatic heterocycles. The number of rotatable bonds is 6. The van der Waals surface area contributed by atoms with Crippen LogP contribution in [-0.4, -0.2) is 25.3 Å². The number of nitrogens with one attached hydrogen (secondary N) is 1. The van der Waals surface area contributed by atoms with Gasteiger partial charge in [0.2, 0.25) is 0 Å². The van der Waals surface area contributed by atoms with Gasteiger partial charge in [-0.1, -0.05) is 32.6 Å². The van der Waals surface area contributed by atoms with Gasteiger partial charge in [0.05, 0.1) is 0 Å². The smallest absolute Gasteiger partial charge is 0.404 e. The SMILES string of the molecule is CCCC1CCCC(NCCOC(N)=O)CC1. The number of primary amides is 1. The molecule has 2 unspecified atom stereocenters. The van der Waals surface area contributed by atoms with Gasteiger partial charge in [-0.25, -0.2) is 4.79 Å². The van der Waals surface area contributed by atoms with Crippen molar-refractivity contribution in [2.24, 2.45) is 11.7 Å². The van der Waals surface area contributed by atoms with Gasteiger partial charge in [0.25, 0.3) is 0 Å². The van der Waals surface area contributed by atoms with E-state index in [-0.39, 0.29) is 0 Å². The maximum Gasteiger partial charge on any atom is 0.404 e. The highest BCUT2D eigenvalue weighted by atomic mass is 16.5. The van der Waals surface area contributed by atoms with E-state index >= 15 is 0 Å². The van der Waals surface area contributed by atoms with Crippen molar-refractivity contribution < 1.29 is 9.53 Å². The predicted molar refractivity (Wildman–Crippen MR) is 68.8 cm³/mol. The van der Waals surface area contributed by atoms with Gasteiger partial charge in [-0.15, -0.1) is 0 Å². The standard InChI is InChI=1S/C13H26N2O2/c1-2-4-11-5-3-6-12(8-7-11)15-9-10-17-13(14)16/h11-12,15H,2-10H2,1H3,(H2,14,16). The topological polar surface area (TPSA) is 64.3 Å². The van der Waals surface area contributed by atoms with Crippen molar-refractivity contribution in [1.82, 2.24) is 5.32 Å². The number of amides is 1. The minimum Gasteiger partial charge on any atom is -0.448 e. The molecule has 1 aliphatic carbocycles. The molecular weight excluding hydrogens is 216 g/mol. The van der Waals surface area contributed by atoms with Gasteiger partial charge in [0.1, 0.15) is 6.61 Å². The fraction of sp³-hybridized carbons (Fsp3) is 0.923. The van der Waals surface area contributed by atoms with Gasteiger partial charge >= 0.3 is 6.09 Å². The Morgan fingerprint density at radius 1 is 1.35 bits per heavy atom. The van der Waals surface area contributed by atoms with Crippen molar-refractivity contribution in [1.29, 1.82) is 0 Å². The fourth-order valence-electron chi connectivity index (χ4n) is 2.69. The molecule has 0 saturated heterocycles. The summed E-state index contributed by atoms with van der Waals surface area (Å²) in [4.78, 5) is 10.4. The van der Waals surface area contributed by atoms with Crippen LogP contribution >= 0.6 is 0 Å². The number of ether oxygens (including phenoxy) is 1. The lowest BCUT2D eigenvalue weighted by molar-refractivity contribution is 0.155. The molecule has 1 aliphatic rings. The third-order valence-corrected chi connectivity index (χ3v) is 3.56. The van der Waals surface area contributed by atoms with E-state index in [1.54, 1.807) is 0 Å². The highest BCUT2D eigenvalue weighted by molar-refractivity contribution is 5.64. The Balaban J connectivity index is 2.11. The number of nitrogens with two attached hydrogens (primary N) is 1. The third-order valence-electron chi connectivity index (χ3n) is 3.56. The summed E-state index contributed by atoms with van der Waals surface area (Å²) in [5, 5.41) is 3.45. The molecule has 4 heteroatoms. The van der Waals surface area contributed by atoms with Crippen LogP contribution in [0.15, 0.2) is 0 Å². The first kappa shape index (κ1) is 14.3. The van der Waals surface area contributed by atoms with Crippen molar-refractivity contribution in [3.8, 4) is 0 Å². The largest absolute Gasteiger partial charge is 0.448 e. The molecule has 0 aromatic carbocycles. The van der Waals surface area contributed by atoms with Crippen LogP contribution in [0.1, 0.15) is 51.9 Å². The molecule has 4 nitrogen and oxygen atoms in total. The second kappa shape index (κ2) is 8.34. The van der Waals surface area contributed by atoms with E-state index in [0.717, 1.165) is 5.92 Å². The summed E-state index contributed by atoms with van der Waals surface area (Å²) in [6.45, 7) is 3.36. The van der Waals surface area contributed by atoms with E-state index in [1.165, 1.54) is 44.9 Å². The van der Waals surface area contributed by atoms with Crippen molar-refractivity contribution in [2.75, 3.05) is 13.2 Å². The van der Waals surface area contributed by atoms with Gasteiger partial charge < -0.3 is 15.8 Å². The molecule has 1 amide bonds. The molecule has 1 rings (SSSR count). The lowest BCUT2D eigenvalue weighted by atomic mass is 9.95. The number of hydrogen-bond acceptors (Lipinski definition) is 3. The molecule has 2 atom stereocenters. The minimum absolute atomic E-state index is 0.379. The average Bonchev–Trinajstić information content (AvgIpc) is 2.51. The fourth-order valence-corrected chi connectivity index (χ4v) is 2.69. The maximum absolute atomic E-state index is 10.4. The van der Waals surface area contributed by atoms with Gasteiger partial charge in [0, 0.05) is 12.6 Å². The first-order chi connectivity index (χ1) is 8.22. The Hall–Kier alpha value is -0.770. The van der Waals surface area contributed by atoms with Crippen LogP contribution < -0.4 is 11.1 Å². The monoisotopic (exact) mass is 242 g/mol. The van der Waals surface area contributed by atoms with Crippen molar-refractivity contribution >= 4 is 6.09 Å². The molecule has 0 aromatic rings. The van der Waals surface area contributed by atoms with Gasteiger partial charge in [-0.05, 0) is 25.2 Å². The molecule has 0 radical (unpaired) electrons. The second-order valence-corrected chi connectivity index (χ2v) is 4.98. The second-order valence-electron chi connectivity index (χ2n) is 4.98. The zero-order valence-electron chi connectivity index (χ0n) is 10.9. The molecule has 3 N–H and O–H groups in total. The lowest BCUT2D eigenvalue weighted by Gasteiger charge is -2.16. The zero-order valence-corrected chi connectivity index (χ0v) is 10.9. The van der Waals surface area contributed by atoms with E-state index in [2.05, 4.69) is 12.2 Å². The van der Waals surface area contributed by atoms with Crippen molar-refractivity contribution in [2.45, 2.75) is 57.9 Å². The molecule has 0 heterocycles. The summed E-state index contributed by atoms with van der Waals surface area (Å²) in [5.41, 5.74) is 4.90. The predicted octanol–water partition coefficient (Wildman–Crippen LogP) is 2.42. The molecular formula is C13H26N2O2. The van der Waals surface area contributed by atoms with Crippen LogP contribution in [-0.2, 0) is 4.74 Å². The van der Waals surface area contributed by atoms with E-state index < -0.39 is 6.09 Å². The molecule has 0 bridgehead atoms. The molecule has 0 aliphatic heterocycles. The first-order valence-electron chi connectivity index (χ1n) is 6.88. The molecule has 17 heavy (non-hydrogen) atoms. The van der Waals surface area contributed by atoms with Crippen LogP contribution in [0, 0.1) is 5.92 Å². The molecule has 0 spiro atoms. The summed E-state index contributed by atoms with van der Waals surface area (Å²) in [6, 6.07) is 0.591. The van der Waals surface area contributed by atoms with E-state index in [4.69, 9.17) is 10.5 Å². The maximum atomic E-state index is 10.4. The van der Waals surface area contributed by atoms with Crippen LogP contribution in [0.3, 0.4) is 0 Å². The number of carbonyl (C=O) groups excluding carboxylic acids is 1. The zero-order chi connectivity index (χ0) is 12.5. The highest BCUT2D eigenvalue weighted by Crippen LogP contribution is 2.26. The quantitative estimate of drug-likeness (QED) is 0.555. The van der Waals surface area contributed by atoms with Gasteiger partial charge in [-0.3, -0.25) is 0 Å². The normalized spacial score (nSPS) is 25.2. The van der Waals surface area contributed by atoms with E-state index in [1.807, 2.05) is 0 Å². The van der Waals surface area contributed by atoms with Crippen LogP contribution in [0.2, 0.25) is 0 Å². The summed E-state index contributed by atoms with van der Waals surface area (Å²) in [6.07, 6.45) is 8.52. The Morgan fingerprint density at radius 2 is 2.18 bits per heavy atom. The Bertz CT molecular complexity index is 221. The third kappa shape index (κ3) is 6.51. The van der Waals surface area contributed by atoms with Gasteiger partial charge in [-0.2, -0.15) is 0 Å². The Labute approximate surface area is 104 Å². The lowest BCUT2D eigenvalue weighted by Crippen LogP contribution is -2.32. The molecule has 1 fully saturated rings. The van der Waals surface area contributed by atoms with Crippen molar-refractivity contribution in [3.63, 3.8) is 0 Å². The molecule has 1 saturated carbocycles. The van der Waals surface area contributed by atoms with Crippen LogP contribution in [0.4, 0.5) is 4.79 Å². The average molecular weight is 242 g/mol. The van der Waals surface area contributed by atoms with E-state index in [9.17, 15) is 4.79 Å².